The minimum atomic E-state index is -1.08. The topological polar surface area (TPSA) is 87.0 Å². The summed E-state index contributed by atoms with van der Waals surface area (Å²) in [6, 6.07) is 0. The van der Waals surface area contributed by atoms with Crippen LogP contribution in [0.5, 0.6) is 0 Å². The second-order valence-corrected chi connectivity index (χ2v) is 3.09. The molecule has 14 heavy (non-hydrogen) atoms. The summed E-state index contributed by atoms with van der Waals surface area (Å²) < 4.78 is 0. The van der Waals surface area contributed by atoms with Gasteiger partial charge in [0.2, 0.25) is 0 Å². The molecule has 0 fully saturated rings. The Bertz CT molecular complexity index is 321. The van der Waals surface area contributed by atoms with E-state index < -0.39 is 11.9 Å². The van der Waals surface area contributed by atoms with E-state index in [0.29, 0.717) is 6.42 Å². The number of aliphatic carboxylic acids is 1. The van der Waals surface area contributed by atoms with Gasteiger partial charge in [0, 0.05) is 5.57 Å². The van der Waals surface area contributed by atoms with Crippen LogP contribution in [-0.4, -0.2) is 28.5 Å². The van der Waals surface area contributed by atoms with Crippen molar-refractivity contribution in [3.05, 3.63) is 16.1 Å². The van der Waals surface area contributed by atoms with E-state index in [-0.39, 0.29) is 18.5 Å². The first-order chi connectivity index (χ1) is 6.56. The molecular weight excluding hydrogens is 188 g/mol. The third kappa shape index (κ3) is 1.95. The average molecular weight is 198 g/mol. The molecule has 0 saturated heterocycles. The first kappa shape index (κ1) is 10.4. The highest BCUT2D eigenvalue weighted by Crippen LogP contribution is 2.21. The SMILES string of the molecule is CC1=C(CC(=O)O)C(=O)N(N=O)CC1. The molecule has 0 aromatic carbocycles. The molecule has 0 saturated carbocycles. The lowest BCUT2D eigenvalue weighted by Gasteiger charge is -2.21. The van der Waals surface area contributed by atoms with Gasteiger partial charge in [-0.25, -0.2) is 0 Å². The summed E-state index contributed by atoms with van der Waals surface area (Å²) in [5, 5.41) is 11.8. The Morgan fingerprint density at radius 1 is 1.64 bits per heavy atom. The van der Waals surface area contributed by atoms with Gasteiger partial charge < -0.3 is 5.11 Å². The maximum absolute atomic E-state index is 11.4. The molecule has 1 heterocycles. The number of amides is 1. The summed E-state index contributed by atoms with van der Waals surface area (Å²) >= 11 is 0. The number of carboxylic acids is 1. The molecule has 0 aromatic rings. The van der Waals surface area contributed by atoms with Crippen molar-refractivity contribution in [3.63, 3.8) is 0 Å². The zero-order valence-corrected chi connectivity index (χ0v) is 7.69. The maximum Gasteiger partial charge on any atom is 0.308 e. The molecule has 1 aliphatic rings. The van der Waals surface area contributed by atoms with E-state index in [0.717, 1.165) is 10.6 Å². The smallest absolute Gasteiger partial charge is 0.308 e. The van der Waals surface area contributed by atoms with E-state index in [1.807, 2.05) is 0 Å². The number of hydrogen-bond donors (Lipinski definition) is 1. The van der Waals surface area contributed by atoms with E-state index >= 15 is 0 Å². The normalized spacial score (nSPS) is 17.2. The van der Waals surface area contributed by atoms with Gasteiger partial charge in [0.1, 0.15) is 0 Å². The summed E-state index contributed by atoms with van der Waals surface area (Å²) in [4.78, 5) is 32.0. The maximum atomic E-state index is 11.4. The van der Waals surface area contributed by atoms with Gasteiger partial charge in [0.25, 0.3) is 5.91 Å². The van der Waals surface area contributed by atoms with Crippen LogP contribution in [0.25, 0.3) is 0 Å². The number of carboxylic acid groups (broad SMARTS) is 1. The van der Waals surface area contributed by atoms with Crippen LogP contribution in [0.15, 0.2) is 16.4 Å². The molecule has 1 rings (SSSR count). The van der Waals surface area contributed by atoms with Crippen LogP contribution in [0.4, 0.5) is 0 Å². The number of nitroso groups, excluding NO2 is 1. The van der Waals surface area contributed by atoms with Gasteiger partial charge in [0.15, 0.2) is 0 Å². The van der Waals surface area contributed by atoms with E-state index in [9.17, 15) is 14.5 Å². The van der Waals surface area contributed by atoms with Gasteiger partial charge in [-0.1, -0.05) is 5.57 Å². The number of hydrogen-bond acceptors (Lipinski definition) is 4. The standard InChI is InChI=1S/C8H10N2O4/c1-5-2-3-10(9-14)8(13)6(5)4-7(11)12/h2-4H2,1H3,(H,11,12). The Hall–Kier alpha value is -1.72. The molecule has 0 radical (unpaired) electrons. The zero-order chi connectivity index (χ0) is 10.7. The van der Waals surface area contributed by atoms with Crippen molar-refractivity contribution in [2.75, 3.05) is 6.54 Å². The molecule has 0 unspecified atom stereocenters. The van der Waals surface area contributed by atoms with Crippen LogP contribution >= 0.6 is 0 Å². The Morgan fingerprint density at radius 3 is 2.79 bits per heavy atom. The number of carbonyl (C=O) groups excluding carboxylic acids is 1. The summed E-state index contributed by atoms with van der Waals surface area (Å²) in [5.74, 6) is -1.67. The van der Waals surface area contributed by atoms with Crippen molar-refractivity contribution in [2.45, 2.75) is 19.8 Å². The highest BCUT2D eigenvalue weighted by atomic mass is 16.4. The Balaban J connectivity index is 2.92. The molecule has 76 valence electrons. The monoisotopic (exact) mass is 198 g/mol. The number of rotatable bonds is 3. The largest absolute Gasteiger partial charge is 0.481 e. The fourth-order valence-electron chi connectivity index (χ4n) is 1.32. The van der Waals surface area contributed by atoms with Gasteiger partial charge >= 0.3 is 5.97 Å². The molecule has 6 heteroatoms. The van der Waals surface area contributed by atoms with Crippen molar-refractivity contribution < 1.29 is 14.7 Å². The fourth-order valence-corrected chi connectivity index (χ4v) is 1.32. The van der Waals surface area contributed by atoms with Gasteiger partial charge in [-0.15, -0.1) is 4.91 Å². The average Bonchev–Trinajstić information content (AvgIpc) is 2.12. The Kier molecular flexibility index (Phi) is 2.95. The summed E-state index contributed by atoms with van der Waals surface area (Å²) in [5.41, 5.74) is 0.889. The highest BCUT2D eigenvalue weighted by molar-refractivity contribution is 5.98. The highest BCUT2D eigenvalue weighted by Gasteiger charge is 2.27. The summed E-state index contributed by atoms with van der Waals surface area (Å²) in [6.07, 6.45) is 0.150. The van der Waals surface area contributed by atoms with Crippen molar-refractivity contribution in [3.8, 4) is 0 Å². The van der Waals surface area contributed by atoms with Crippen molar-refractivity contribution >= 4 is 11.9 Å². The first-order valence-corrected chi connectivity index (χ1v) is 4.11. The number of carbonyl (C=O) groups is 2. The van der Waals surface area contributed by atoms with E-state index in [2.05, 4.69) is 5.29 Å². The molecule has 6 nitrogen and oxygen atoms in total. The van der Waals surface area contributed by atoms with Gasteiger partial charge in [-0.3, -0.25) is 9.59 Å². The van der Waals surface area contributed by atoms with Gasteiger partial charge in [-0.05, 0) is 13.3 Å². The molecule has 1 amide bonds. The zero-order valence-electron chi connectivity index (χ0n) is 7.69. The van der Waals surface area contributed by atoms with Crippen LogP contribution in [-0.2, 0) is 9.59 Å². The second-order valence-electron chi connectivity index (χ2n) is 3.09. The molecular formula is C8H10N2O4. The molecule has 1 N–H and O–H groups in total. The van der Waals surface area contributed by atoms with E-state index in [4.69, 9.17) is 5.11 Å². The van der Waals surface area contributed by atoms with Crippen LogP contribution in [0.1, 0.15) is 19.8 Å². The van der Waals surface area contributed by atoms with Crippen molar-refractivity contribution in [2.24, 2.45) is 5.29 Å². The van der Waals surface area contributed by atoms with E-state index in [1.165, 1.54) is 0 Å². The minimum absolute atomic E-state index is 0.170. The predicted molar refractivity (Wildman–Crippen MR) is 47.1 cm³/mol. The molecule has 0 aromatic heterocycles. The molecule has 1 aliphatic heterocycles. The summed E-state index contributed by atoms with van der Waals surface area (Å²) in [6.45, 7) is 1.93. The lowest BCUT2D eigenvalue weighted by Crippen LogP contribution is -2.33. The molecule has 0 bridgehead atoms. The molecule has 0 aliphatic carbocycles. The predicted octanol–water partition coefficient (Wildman–Crippen LogP) is 0.691. The van der Waals surface area contributed by atoms with Gasteiger partial charge in [0.05, 0.1) is 18.3 Å². The quantitative estimate of drug-likeness (QED) is 0.676. The van der Waals surface area contributed by atoms with E-state index in [1.54, 1.807) is 6.92 Å². The lowest BCUT2D eigenvalue weighted by molar-refractivity contribution is -0.138. The lowest BCUT2D eigenvalue weighted by atomic mass is 9.99. The summed E-state index contributed by atoms with van der Waals surface area (Å²) in [7, 11) is 0. The third-order valence-electron chi connectivity index (χ3n) is 2.13. The fraction of sp³-hybridized carbons (Fsp3) is 0.500. The van der Waals surface area contributed by atoms with Crippen LogP contribution in [0.2, 0.25) is 0 Å². The third-order valence-corrected chi connectivity index (χ3v) is 2.13. The number of nitrogens with zero attached hydrogens (tertiary/aromatic N) is 2. The molecule has 0 spiro atoms. The Labute approximate surface area is 80.1 Å². The first-order valence-electron chi connectivity index (χ1n) is 4.11. The second kappa shape index (κ2) is 3.99. The van der Waals surface area contributed by atoms with Crippen LogP contribution in [0, 0.1) is 4.91 Å². The van der Waals surface area contributed by atoms with Crippen molar-refractivity contribution in [1.82, 2.24) is 5.01 Å². The van der Waals surface area contributed by atoms with Crippen molar-refractivity contribution in [1.29, 1.82) is 0 Å². The van der Waals surface area contributed by atoms with Crippen LogP contribution in [0.3, 0.4) is 0 Å². The van der Waals surface area contributed by atoms with Gasteiger partial charge in [-0.2, -0.15) is 5.01 Å². The minimum Gasteiger partial charge on any atom is -0.481 e. The molecule has 0 atom stereocenters. The van der Waals surface area contributed by atoms with Crippen LogP contribution < -0.4 is 0 Å². The Morgan fingerprint density at radius 2 is 2.29 bits per heavy atom.